The molecule has 0 amide bonds. The summed E-state index contributed by atoms with van der Waals surface area (Å²) in [6, 6.07) is 0.413. The Morgan fingerprint density at radius 1 is 1.20 bits per heavy atom. The van der Waals surface area contributed by atoms with Gasteiger partial charge >= 0.3 is 0 Å². The summed E-state index contributed by atoms with van der Waals surface area (Å²) in [5.74, 6) is 2.18. The number of aryl methyl sites for hydroxylation is 1. The molecule has 2 atom stereocenters. The summed E-state index contributed by atoms with van der Waals surface area (Å²) in [6.07, 6.45) is 6.26. The fraction of sp³-hybridized carbons (Fsp3) is 0.722. The Bertz CT molecular complexity index is 751. The van der Waals surface area contributed by atoms with Gasteiger partial charge in [0.1, 0.15) is 11.6 Å². The van der Waals surface area contributed by atoms with Crippen molar-refractivity contribution >= 4 is 16.9 Å². The van der Waals surface area contributed by atoms with Gasteiger partial charge in [-0.2, -0.15) is 5.10 Å². The molecule has 2 aromatic heterocycles. The highest BCUT2D eigenvalue weighted by atomic mass is 16.3. The fourth-order valence-electron chi connectivity index (χ4n) is 4.07. The van der Waals surface area contributed by atoms with Crippen LogP contribution >= 0.6 is 0 Å². The maximum Gasteiger partial charge on any atom is 0.163 e. The topological polar surface area (TPSA) is 79.1 Å². The number of anilines is 1. The zero-order chi connectivity index (χ0) is 17.6. The zero-order valence-electron chi connectivity index (χ0n) is 15.3. The van der Waals surface area contributed by atoms with Gasteiger partial charge in [-0.25, -0.2) is 9.97 Å². The van der Waals surface area contributed by atoms with Crippen LogP contribution in [0.3, 0.4) is 0 Å². The van der Waals surface area contributed by atoms with Crippen LogP contribution < -0.4 is 5.32 Å². The zero-order valence-corrected chi connectivity index (χ0v) is 15.3. The van der Waals surface area contributed by atoms with Gasteiger partial charge in [0.2, 0.25) is 0 Å². The van der Waals surface area contributed by atoms with Gasteiger partial charge in [-0.05, 0) is 26.7 Å². The van der Waals surface area contributed by atoms with Gasteiger partial charge in [0.15, 0.2) is 5.65 Å². The fourth-order valence-corrected chi connectivity index (χ4v) is 4.07. The molecule has 1 saturated heterocycles. The van der Waals surface area contributed by atoms with Crippen molar-refractivity contribution in [3.05, 3.63) is 12.0 Å². The van der Waals surface area contributed by atoms with Crippen molar-refractivity contribution < 1.29 is 5.11 Å². The molecule has 0 unspecified atom stereocenters. The standard InChI is InChI=1S/C18H28N6O/c1-11(2)24-9-14(15(25)10-24)20-17-13-8-19-23(3)18(13)22-16(21-17)12-6-4-5-7-12/h8,11-12,14-15,25H,4-7,9-10H2,1-3H3,(H,20,21,22)/t14-,15-/m1/s1. The van der Waals surface area contributed by atoms with E-state index in [9.17, 15) is 5.11 Å². The van der Waals surface area contributed by atoms with E-state index in [1.807, 2.05) is 17.9 Å². The lowest BCUT2D eigenvalue weighted by atomic mass is 10.1. The number of likely N-dealkylation sites (tertiary alicyclic amines) is 1. The van der Waals surface area contributed by atoms with Crippen molar-refractivity contribution in [1.82, 2.24) is 24.6 Å². The molecule has 1 saturated carbocycles. The van der Waals surface area contributed by atoms with Crippen LogP contribution in [0, 0.1) is 0 Å². The van der Waals surface area contributed by atoms with E-state index in [4.69, 9.17) is 9.97 Å². The Kier molecular flexibility index (Phi) is 4.37. The first kappa shape index (κ1) is 16.7. The number of fused-ring (bicyclic) bond motifs is 1. The molecule has 136 valence electrons. The first-order valence-corrected chi connectivity index (χ1v) is 9.41. The van der Waals surface area contributed by atoms with Crippen LogP contribution in [0.4, 0.5) is 5.82 Å². The van der Waals surface area contributed by atoms with Crippen molar-refractivity contribution in [2.24, 2.45) is 7.05 Å². The van der Waals surface area contributed by atoms with Crippen molar-refractivity contribution in [3.8, 4) is 0 Å². The second-order valence-electron chi connectivity index (χ2n) is 7.78. The van der Waals surface area contributed by atoms with Crippen LogP contribution in [0.25, 0.3) is 11.0 Å². The van der Waals surface area contributed by atoms with E-state index < -0.39 is 0 Å². The maximum absolute atomic E-state index is 10.5. The maximum atomic E-state index is 10.5. The van der Waals surface area contributed by atoms with Crippen LogP contribution in [0.5, 0.6) is 0 Å². The highest BCUT2D eigenvalue weighted by Gasteiger charge is 2.33. The molecule has 2 N–H and O–H groups in total. The highest BCUT2D eigenvalue weighted by molar-refractivity contribution is 5.86. The predicted octanol–water partition coefficient (Wildman–Crippen LogP) is 1.89. The number of hydrogen-bond donors (Lipinski definition) is 2. The van der Waals surface area contributed by atoms with Gasteiger partial charge in [0, 0.05) is 32.1 Å². The monoisotopic (exact) mass is 344 g/mol. The lowest BCUT2D eigenvalue weighted by molar-refractivity contribution is 0.161. The molecular formula is C18H28N6O. The van der Waals surface area contributed by atoms with E-state index in [1.165, 1.54) is 12.8 Å². The summed E-state index contributed by atoms with van der Waals surface area (Å²) in [4.78, 5) is 11.9. The van der Waals surface area contributed by atoms with Crippen molar-refractivity contribution in [1.29, 1.82) is 0 Å². The molecule has 2 aromatic rings. The first-order valence-electron chi connectivity index (χ1n) is 9.41. The Hall–Kier alpha value is -1.73. The summed E-state index contributed by atoms with van der Waals surface area (Å²) in [5, 5.41) is 19.3. The van der Waals surface area contributed by atoms with Crippen LogP contribution in [0.1, 0.15) is 51.3 Å². The van der Waals surface area contributed by atoms with E-state index >= 15 is 0 Å². The number of aromatic nitrogens is 4. The largest absolute Gasteiger partial charge is 0.390 e. The first-order chi connectivity index (χ1) is 12.0. The number of rotatable bonds is 4. The molecule has 0 aromatic carbocycles. The second kappa shape index (κ2) is 6.53. The molecule has 7 heteroatoms. The van der Waals surface area contributed by atoms with Crippen molar-refractivity contribution in [2.45, 2.75) is 63.6 Å². The highest BCUT2D eigenvalue weighted by Crippen LogP contribution is 2.34. The molecule has 25 heavy (non-hydrogen) atoms. The third-order valence-electron chi connectivity index (χ3n) is 5.70. The molecule has 1 aliphatic carbocycles. The number of nitrogens with zero attached hydrogens (tertiary/aromatic N) is 5. The number of aliphatic hydroxyl groups excluding tert-OH is 1. The minimum Gasteiger partial charge on any atom is -0.390 e. The number of β-amino-alcohol motifs (C(OH)–C–C–N with tert-alkyl or cyclic N) is 1. The SMILES string of the molecule is CC(C)N1C[C@@H](O)[C@H](Nc2nc(C3CCCC3)nc3c2cnn3C)C1. The van der Waals surface area contributed by atoms with Gasteiger partial charge in [-0.15, -0.1) is 0 Å². The van der Waals surface area contributed by atoms with Crippen LogP contribution in [0.15, 0.2) is 6.20 Å². The second-order valence-corrected chi connectivity index (χ2v) is 7.78. The van der Waals surface area contributed by atoms with Crippen LogP contribution in [-0.4, -0.2) is 61.0 Å². The van der Waals surface area contributed by atoms with E-state index in [0.29, 0.717) is 18.5 Å². The molecule has 7 nitrogen and oxygen atoms in total. The van der Waals surface area contributed by atoms with E-state index in [2.05, 4.69) is 29.2 Å². The molecule has 2 aliphatic rings. The van der Waals surface area contributed by atoms with Crippen molar-refractivity contribution in [2.75, 3.05) is 18.4 Å². The van der Waals surface area contributed by atoms with Gasteiger partial charge in [-0.1, -0.05) is 12.8 Å². The third kappa shape index (κ3) is 3.11. The lowest BCUT2D eigenvalue weighted by Gasteiger charge is -2.20. The van der Waals surface area contributed by atoms with Crippen molar-refractivity contribution in [3.63, 3.8) is 0 Å². The molecule has 1 aliphatic heterocycles. The van der Waals surface area contributed by atoms with E-state index in [0.717, 1.165) is 42.1 Å². The Morgan fingerprint density at radius 3 is 2.64 bits per heavy atom. The summed E-state index contributed by atoms with van der Waals surface area (Å²) in [6.45, 7) is 5.85. The number of aliphatic hydroxyl groups is 1. The van der Waals surface area contributed by atoms with Gasteiger partial charge < -0.3 is 10.4 Å². The molecule has 2 fully saturated rings. The van der Waals surface area contributed by atoms with Gasteiger partial charge in [-0.3, -0.25) is 9.58 Å². The molecule has 0 radical (unpaired) electrons. The Balaban J connectivity index is 1.66. The molecule has 0 spiro atoms. The third-order valence-corrected chi connectivity index (χ3v) is 5.70. The molecule has 3 heterocycles. The van der Waals surface area contributed by atoms with Gasteiger partial charge in [0.05, 0.1) is 23.7 Å². The van der Waals surface area contributed by atoms with Crippen LogP contribution in [0.2, 0.25) is 0 Å². The summed E-state index contributed by atoms with van der Waals surface area (Å²) < 4.78 is 1.81. The Labute approximate surface area is 148 Å². The average molecular weight is 344 g/mol. The quantitative estimate of drug-likeness (QED) is 0.882. The van der Waals surface area contributed by atoms with Gasteiger partial charge in [0.25, 0.3) is 0 Å². The number of hydrogen-bond acceptors (Lipinski definition) is 6. The lowest BCUT2D eigenvalue weighted by Crippen LogP contribution is -2.33. The molecule has 0 bridgehead atoms. The average Bonchev–Trinajstić information content (AvgIpc) is 3.30. The summed E-state index contributed by atoms with van der Waals surface area (Å²) in [5.41, 5.74) is 0.868. The van der Waals surface area contributed by atoms with Crippen LogP contribution in [-0.2, 0) is 7.05 Å². The minimum atomic E-state index is -0.390. The molecular weight excluding hydrogens is 316 g/mol. The Morgan fingerprint density at radius 2 is 1.96 bits per heavy atom. The normalized spacial score (nSPS) is 25.5. The summed E-state index contributed by atoms with van der Waals surface area (Å²) in [7, 11) is 1.92. The minimum absolute atomic E-state index is 0.0165. The summed E-state index contributed by atoms with van der Waals surface area (Å²) >= 11 is 0. The smallest absolute Gasteiger partial charge is 0.163 e. The molecule has 4 rings (SSSR count). The van der Waals surface area contributed by atoms with E-state index in [1.54, 1.807) is 0 Å². The van der Waals surface area contributed by atoms with E-state index in [-0.39, 0.29) is 12.1 Å². The number of nitrogens with one attached hydrogen (secondary N) is 1. The predicted molar refractivity (Wildman–Crippen MR) is 97.6 cm³/mol.